The van der Waals surface area contributed by atoms with Gasteiger partial charge >= 0.3 is 12.0 Å². The van der Waals surface area contributed by atoms with Crippen molar-refractivity contribution in [1.29, 1.82) is 0 Å². The molecule has 1 aliphatic heterocycles. The van der Waals surface area contributed by atoms with E-state index in [0.29, 0.717) is 26.3 Å². The molecule has 1 saturated heterocycles. The minimum atomic E-state index is -0.127. The first-order valence-corrected chi connectivity index (χ1v) is 6.91. The summed E-state index contributed by atoms with van der Waals surface area (Å²) in [7, 11) is 1.43. The van der Waals surface area contributed by atoms with Crippen molar-refractivity contribution >= 4 is 12.0 Å². The van der Waals surface area contributed by atoms with Gasteiger partial charge in [-0.05, 0) is 25.7 Å². The molecule has 2 rings (SSSR count). The smallest absolute Gasteiger partial charge is 0.317 e. The van der Waals surface area contributed by atoms with Gasteiger partial charge in [-0.3, -0.25) is 4.79 Å². The Labute approximate surface area is 113 Å². The highest BCUT2D eigenvalue weighted by Crippen LogP contribution is 2.25. The normalized spacial score (nSPS) is 27.7. The number of morpholine rings is 1. The van der Waals surface area contributed by atoms with E-state index in [1.807, 2.05) is 0 Å². The Morgan fingerprint density at radius 3 is 2.37 bits per heavy atom. The standard InChI is InChI=1S/C13H22N2O4/c1-18-12(16)10-2-4-11(5-3-10)14-13(17)15-6-8-19-9-7-15/h10-11H,2-9H2,1H3,(H,14,17). The number of carbonyl (C=O) groups is 2. The quantitative estimate of drug-likeness (QED) is 0.752. The molecule has 0 aromatic heterocycles. The average Bonchev–Trinajstić information content (AvgIpc) is 2.48. The molecule has 0 bridgehead atoms. The van der Waals surface area contributed by atoms with Crippen LogP contribution in [-0.4, -0.2) is 56.4 Å². The van der Waals surface area contributed by atoms with Gasteiger partial charge in [0.05, 0.1) is 26.2 Å². The molecule has 0 aromatic rings. The zero-order valence-corrected chi connectivity index (χ0v) is 11.4. The molecule has 0 spiro atoms. The fourth-order valence-electron chi connectivity index (χ4n) is 2.67. The first kappa shape index (κ1) is 14.1. The Kier molecular flexibility index (Phi) is 5.01. The van der Waals surface area contributed by atoms with Crippen LogP contribution in [0.25, 0.3) is 0 Å². The number of ether oxygens (including phenoxy) is 2. The molecule has 1 heterocycles. The van der Waals surface area contributed by atoms with Crippen LogP contribution in [0.3, 0.4) is 0 Å². The molecule has 6 heteroatoms. The molecule has 0 radical (unpaired) electrons. The molecule has 0 aromatic carbocycles. The molecule has 1 saturated carbocycles. The second-order valence-electron chi connectivity index (χ2n) is 5.12. The lowest BCUT2D eigenvalue weighted by molar-refractivity contribution is -0.146. The Bertz CT molecular complexity index is 321. The van der Waals surface area contributed by atoms with E-state index in [2.05, 4.69) is 5.32 Å². The molecule has 1 N–H and O–H groups in total. The predicted molar refractivity (Wildman–Crippen MR) is 68.7 cm³/mol. The number of amides is 2. The number of rotatable bonds is 2. The van der Waals surface area contributed by atoms with Crippen molar-refractivity contribution in [3.63, 3.8) is 0 Å². The van der Waals surface area contributed by atoms with Gasteiger partial charge in [-0.1, -0.05) is 0 Å². The van der Waals surface area contributed by atoms with Gasteiger partial charge in [0.25, 0.3) is 0 Å². The fraction of sp³-hybridized carbons (Fsp3) is 0.846. The lowest BCUT2D eigenvalue weighted by Gasteiger charge is -2.32. The monoisotopic (exact) mass is 270 g/mol. The molecular formula is C13H22N2O4. The number of hydrogen-bond donors (Lipinski definition) is 1. The van der Waals surface area contributed by atoms with Crippen molar-refractivity contribution in [2.45, 2.75) is 31.7 Å². The second-order valence-corrected chi connectivity index (χ2v) is 5.12. The van der Waals surface area contributed by atoms with E-state index in [9.17, 15) is 9.59 Å². The minimum absolute atomic E-state index is 0.00142. The Hall–Kier alpha value is -1.30. The highest BCUT2D eigenvalue weighted by atomic mass is 16.5. The maximum Gasteiger partial charge on any atom is 0.317 e. The number of hydrogen-bond acceptors (Lipinski definition) is 4. The van der Waals surface area contributed by atoms with Crippen molar-refractivity contribution in [2.75, 3.05) is 33.4 Å². The third kappa shape index (κ3) is 3.83. The number of urea groups is 1. The molecule has 2 aliphatic rings. The summed E-state index contributed by atoms with van der Waals surface area (Å²) in [6.07, 6.45) is 3.27. The number of nitrogens with zero attached hydrogens (tertiary/aromatic N) is 1. The topological polar surface area (TPSA) is 67.9 Å². The highest BCUT2D eigenvalue weighted by Gasteiger charge is 2.28. The van der Waals surface area contributed by atoms with Crippen LogP contribution in [0.2, 0.25) is 0 Å². The van der Waals surface area contributed by atoms with Crippen LogP contribution < -0.4 is 5.32 Å². The van der Waals surface area contributed by atoms with E-state index in [1.165, 1.54) is 7.11 Å². The van der Waals surface area contributed by atoms with Crippen LogP contribution in [0.4, 0.5) is 4.79 Å². The van der Waals surface area contributed by atoms with Gasteiger partial charge in [0.2, 0.25) is 0 Å². The predicted octanol–water partition coefficient (Wildman–Crippen LogP) is 0.760. The highest BCUT2D eigenvalue weighted by molar-refractivity contribution is 5.75. The summed E-state index contributed by atoms with van der Waals surface area (Å²) in [5, 5.41) is 3.05. The van der Waals surface area contributed by atoms with E-state index in [0.717, 1.165) is 25.7 Å². The third-order valence-electron chi connectivity index (χ3n) is 3.89. The lowest BCUT2D eigenvalue weighted by atomic mass is 9.86. The van der Waals surface area contributed by atoms with Gasteiger partial charge in [-0.2, -0.15) is 0 Å². The maximum absolute atomic E-state index is 12.0. The first-order valence-electron chi connectivity index (χ1n) is 6.91. The van der Waals surface area contributed by atoms with E-state index < -0.39 is 0 Å². The molecule has 0 atom stereocenters. The van der Waals surface area contributed by atoms with Gasteiger partial charge < -0.3 is 19.7 Å². The summed E-state index contributed by atoms with van der Waals surface area (Å²) in [4.78, 5) is 25.2. The van der Waals surface area contributed by atoms with E-state index in [-0.39, 0.29) is 24.0 Å². The summed E-state index contributed by atoms with van der Waals surface area (Å²) >= 11 is 0. The zero-order valence-electron chi connectivity index (χ0n) is 11.4. The summed E-state index contributed by atoms with van der Waals surface area (Å²) in [5.41, 5.74) is 0. The zero-order chi connectivity index (χ0) is 13.7. The third-order valence-corrected chi connectivity index (χ3v) is 3.89. The van der Waals surface area contributed by atoms with Crippen LogP contribution in [0.15, 0.2) is 0 Å². The van der Waals surface area contributed by atoms with Crippen LogP contribution >= 0.6 is 0 Å². The fourth-order valence-corrected chi connectivity index (χ4v) is 2.67. The SMILES string of the molecule is COC(=O)C1CCC(NC(=O)N2CCOCC2)CC1. The lowest BCUT2D eigenvalue weighted by Crippen LogP contribution is -2.50. The largest absolute Gasteiger partial charge is 0.469 e. The number of esters is 1. The van der Waals surface area contributed by atoms with Crippen molar-refractivity contribution in [3.8, 4) is 0 Å². The summed E-state index contributed by atoms with van der Waals surface area (Å²) in [6, 6.07) is 0.168. The average molecular weight is 270 g/mol. The van der Waals surface area contributed by atoms with Crippen LogP contribution in [0.5, 0.6) is 0 Å². The molecular weight excluding hydrogens is 248 g/mol. The van der Waals surface area contributed by atoms with Crippen molar-refractivity contribution < 1.29 is 19.1 Å². The summed E-state index contributed by atoms with van der Waals surface area (Å²) in [6.45, 7) is 2.54. The minimum Gasteiger partial charge on any atom is -0.469 e. The van der Waals surface area contributed by atoms with E-state index in [4.69, 9.17) is 9.47 Å². The summed E-state index contributed by atoms with van der Waals surface area (Å²) < 4.78 is 9.97. The Morgan fingerprint density at radius 2 is 1.79 bits per heavy atom. The summed E-state index contributed by atoms with van der Waals surface area (Å²) in [5.74, 6) is -0.125. The van der Waals surface area contributed by atoms with Crippen LogP contribution in [-0.2, 0) is 14.3 Å². The van der Waals surface area contributed by atoms with E-state index >= 15 is 0 Å². The second kappa shape index (κ2) is 6.75. The molecule has 0 unspecified atom stereocenters. The molecule has 2 amide bonds. The molecule has 108 valence electrons. The van der Waals surface area contributed by atoms with Gasteiger partial charge in [0.15, 0.2) is 0 Å². The number of carbonyl (C=O) groups excluding carboxylic acids is 2. The molecule has 6 nitrogen and oxygen atoms in total. The van der Waals surface area contributed by atoms with Gasteiger partial charge in [0.1, 0.15) is 0 Å². The van der Waals surface area contributed by atoms with Crippen molar-refractivity contribution in [2.24, 2.45) is 5.92 Å². The maximum atomic E-state index is 12.0. The molecule has 19 heavy (non-hydrogen) atoms. The van der Waals surface area contributed by atoms with Gasteiger partial charge in [0, 0.05) is 19.1 Å². The number of nitrogens with one attached hydrogen (secondary N) is 1. The van der Waals surface area contributed by atoms with Gasteiger partial charge in [-0.15, -0.1) is 0 Å². The van der Waals surface area contributed by atoms with Crippen molar-refractivity contribution in [1.82, 2.24) is 10.2 Å². The van der Waals surface area contributed by atoms with Crippen LogP contribution in [0.1, 0.15) is 25.7 Å². The van der Waals surface area contributed by atoms with Crippen molar-refractivity contribution in [3.05, 3.63) is 0 Å². The van der Waals surface area contributed by atoms with Gasteiger partial charge in [-0.25, -0.2) is 4.79 Å². The van der Waals surface area contributed by atoms with E-state index in [1.54, 1.807) is 4.90 Å². The molecule has 1 aliphatic carbocycles. The first-order chi connectivity index (χ1) is 9.20. The Balaban J connectivity index is 1.72. The molecule has 2 fully saturated rings. The van der Waals surface area contributed by atoms with Crippen LogP contribution in [0, 0.1) is 5.92 Å². The number of methoxy groups -OCH3 is 1. The Morgan fingerprint density at radius 1 is 1.16 bits per heavy atom.